The van der Waals surface area contributed by atoms with Crippen LogP contribution in [0.2, 0.25) is 0 Å². The van der Waals surface area contributed by atoms with Crippen molar-refractivity contribution in [2.45, 2.75) is 78.1 Å². The highest BCUT2D eigenvalue weighted by Gasteiger charge is 2.05. The van der Waals surface area contributed by atoms with Crippen LogP contribution >= 0.6 is 0 Å². The summed E-state index contributed by atoms with van der Waals surface area (Å²) in [7, 11) is 0. The Hall–Kier alpha value is -0.440. The molecule has 88 valence electrons. The van der Waals surface area contributed by atoms with E-state index in [0.717, 1.165) is 12.3 Å². The molecule has 0 saturated heterocycles. The first-order valence-corrected chi connectivity index (χ1v) is 6.78. The predicted molar refractivity (Wildman–Crippen MR) is 69.8 cm³/mol. The van der Waals surface area contributed by atoms with Gasteiger partial charge >= 0.3 is 0 Å². The lowest BCUT2D eigenvalue weighted by Crippen LogP contribution is -1.98. The molecule has 0 heteroatoms. The molecule has 1 unspecified atom stereocenters. The number of unbranched alkanes of at least 4 members (excludes halogenated alkanes) is 5. The van der Waals surface area contributed by atoms with E-state index in [1.807, 2.05) is 0 Å². The van der Waals surface area contributed by atoms with E-state index >= 15 is 0 Å². The summed E-state index contributed by atoms with van der Waals surface area (Å²) in [5.74, 6) is 3.69. The Kier molecular flexibility index (Phi) is 11.3. The summed E-state index contributed by atoms with van der Waals surface area (Å²) in [6, 6.07) is 0. The van der Waals surface area contributed by atoms with E-state index in [1.54, 1.807) is 0 Å². The lowest BCUT2D eigenvalue weighted by Gasteiger charge is -2.13. The van der Waals surface area contributed by atoms with Crippen LogP contribution in [0.1, 0.15) is 78.1 Å². The van der Waals surface area contributed by atoms with Crippen LogP contribution in [0.25, 0.3) is 0 Å². The monoisotopic (exact) mass is 208 g/mol. The maximum atomic E-state index is 5.23. The zero-order chi connectivity index (χ0) is 11.4. The van der Waals surface area contributed by atoms with Crippen LogP contribution in [-0.4, -0.2) is 0 Å². The van der Waals surface area contributed by atoms with Crippen LogP contribution < -0.4 is 0 Å². The Balaban J connectivity index is 3.32. The molecular weight excluding hydrogens is 180 g/mol. The van der Waals surface area contributed by atoms with Crippen molar-refractivity contribution in [2.75, 3.05) is 0 Å². The maximum Gasteiger partial charge on any atom is 0.00860 e. The molecule has 0 N–H and O–H groups in total. The van der Waals surface area contributed by atoms with Crippen molar-refractivity contribution in [3.63, 3.8) is 0 Å². The molecule has 0 bridgehead atoms. The molecule has 0 aliphatic rings. The van der Waals surface area contributed by atoms with Crippen LogP contribution in [0, 0.1) is 18.3 Å². The third-order valence-corrected chi connectivity index (χ3v) is 3.23. The molecule has 0 nitrogen and oxygen atoms in total. The van der Waals surface area contributed by atoms with Gasteiger partial charge in [-0.1, -0.05) is 65.2 Å². The molecule has 0 aliphatic carbocycles. The zero-order valence-corrected chi connectivity index (χ0v) is 10.7. The van der Waals surface area contributed by atoms with Crippen LogP contribution in [0.5, 0.6) is 0 Å². The van der Waals surface area contributed by atoms with Gasteiger partial charge in [0, 0.05) is 6.42 Å². The Morgan fingerprint density at radius 2 is 1.60 bits per heavy atom. The molecule has 0 spiro atoms. The summed E-state index contributed by atoms with van der Waals surface area (Å²) >= 11 is 0. The summed E-state index contributed by atoms with van der Waals surface area (Å²) in [6.07, 6.45) is 18.5. The molecule has 0 fully saturated rings. The Labute approximate surface area is 96.8 Å². The fourth-order valence-corrected chi connectivity index (χ4v) is 2.07. The van der Waals surface area contributed by atoms with Gasteiger partial charge in [0.25, 0.3) is 0 Å². The molecule has 1 atom stereocenters. The zero-order valence-electron chi connectivity index (χ0n) is 10.7. The molecule has 0 amide bonds. The van der Waals surface area contributed by atoms with Gasteiger partial charge < -0.3 is 0 Å². The van der Waals surface area contributed by atoms with Gasteiger partial charge in [-0.3, -0.25) is 0 Å². The molecule has 15 heavy (non-hydrogen) atoms. The minimum absolute atomic E-state index is 0.965. The third-order valence-electron chi connectivity index (χ3n) is 3.23. The molecule has 0 aromatic carbocycles. The second-order valence-electron chi connectivity index (χ2n) is 4.57. The van der Waals surface area contributed by atoms with Crippen molar-refractivity contribution in [3.8, 4) is 12.3 Å². The highest BCUT2D eigenvalue weighted by atomic mass is 14.1. The van der Waals surface area contributed by atoms with E-state index in [9.17, 15) is 0 Å². The van der Waals surface area contributed by atoms with Crippen LogP contribution in [0.4, 0.5) is 0 Å². The van der Waals surface area contributed by atoms with E-state index in [1.165, 1.54) is 57.8 Å². The van der Waals surface area contributed by atoms with Crippen molar-refractivity contribution in [1.82, 2.24) is 0 Å². The number of rotatable bonds is 10. The SMILES string of the molecule is C#CCCCCCC(CC)CCCCC. The third kappa shape index (κ3) is 9.85. The van der Waals surface area contributed by atoms with Crippen LogP contribution in [-0.2, 0) is 0 Å². The second kappa shape index (κ2) is 11.6. The first-order valence-electron chi connectivity index (χ1n) is 6.78. The van der Waals surface area contributed by atoms with Gasteiger partial charge in [-0.05, 0) is 12.3 Å². The van der Waals surface area contributed by atoms with Crippen molar-refractivity contribution < 1.29 is 0 Å². The molecular formula is C15H28. The summed E-state index contributed by atoms with van der Waals surface area (Å²) in [5.41, 5.74) is 0. The van der Waals surface area contributed by atoms with Crippen LogP contribution in [0.3, 0.4) is 0 Å². The first kappa shape index (κ1) is 14.6. The lowest BCUT2D eigenvalue weighted by molar-refractivity contribution is 0.398. The van der Waals surface area contributed by atoms with Gasteiger partial charge in [0.1, 0.15) is 0 Å². The van der Waals surface area contributed by atoms with E-state index in [0.29, 0.717) is 0 Å². The standard InChI is InChI=1S/C15H28/c1-4-7-9-10-12-14-15(6-3)13-11-8-5-2/h1,15H,5-14H2,2-3H3. The number of hydrogen-bond donors (Lipinski definition) is 0. The molecule has 0 radical (unpaired) electrons. The number of hydrogen-bond acceptors (Lipinski definition) is 0. The predicted octanol–water partition coefficient (Wildman–Crippen LogP) is 5.18. The summed E-state index contributed by atoms with van der Waals surface area (Å²) < 4.78 is 0. The first-order chi connectivity index (χ1) is 7.35. The highest BCUT2D eigenvalue weighted by Crippen LogP contribution is 2.20. The van der Waals surface area contributed by atoms with Gasteiger partial charge in [-0.2, -0.15) is 0 Å². The van der Waals surface area contributed by atoms with Gasteiger partial charge in [-0.25, -0.2) is 0 Å². The van der Waals surface area contributed by atoms with E-state index in [4.69, 9.17) is 6.42 Å². The van der Waals surface area contributed by atoms with Crippen molar-refractivity contribution in [3.05, 3.63) is 0 Å². The van der Waals surface area contributed by atoms with Gasteiger partial charge in [0.2, 0.25) is 0 Å². The summed E-state index contributed by atoms with van der Waals surface area (Å²) in [4.78, 5) is 0. The quantitative estimate of drug-likeness (QED) is 0.343. The molecule has 0 rings (SSSR count). The average molecular weight is 208 g/mol. The summed E-state index contributed by atoms with van der Waals surface area (Å²) in [6.45, 7) is 4.61. The van der Waals surface area contributed by atoms with Gasteiger partial charge in [0.15, 0.2) is 0 Å². The van der Waals surface area contributed by atoms with Crippen molar-refractivity contribution in [1.29, 1.82) is 0 Å². The van der Waals surface area contributed by atoms with Crippen molar-refractivity contribution >= 4 is 0 Å². The molecule has 0 saturated carbocycles. The Morgan fingerprint density at radius 3 is 2.13 bits per heavy atom. The molecule has 0 aromatic heterocycles. The maximum absolute atomic E-state index is 5.23. The Bertz CT molecular complexity index is 152. The van der Waals surface area contributed by atoms with Gasteiger partial charge in [0.05, 0.1) is 0 Å². The van der Waals surface area contributed by atoms with Gasteiger partial charge in [-0.15, -0.1) is 12.3 Å². The van der Waals surface area contributed by atoms with E-state index < -0.39 is 0 Å². The largest absolute Gasteiger partial charge is 0.120 e. The second-order valence-corrected chi connectivity index (χ2v) is 4.57. The minimum Gasteiger partial charge on any atom is -0.120 e. The van der Waals surface area contributed by atoms with E-state index in [-0.39, 0.29) is 0 Å². The highest BCUT2D eigenvalue weighted by molar-refractivity contribution is 4.82. The smallest absolute Gasteiger partial charge is 0.00860 e. The minimum atomic E-state index is 0.965. The normalized spacial score (nSPS) is 12.3. The average Bonchev–Trinajstić information content (AvgIpc) is 2.26. The summed E-state index contributed by atoms with van der Waals surface area (Å²) in [5, 5.41) is 0. The lowest BCUT2D eigenvalue weighted by atomic mass is 9.93. The van der Waals surface area contributed by atoms with Crippen molar-refractivity contribution in [2.24, 2.45) is 5.92 Å². The fraction of sp³-hybridized carbons (Fsp3) is 0.867. The number of terminal acetylenes is 1. The van der Waals surface area contributed by atoms with Crippen LogP contribution in [0.15, 0.2) is 0 Å². The topological polar surface area (TPSA) is 0 Å². The fourth-order valence-electron chi connectivity index (χ4n) is 2.07. The molecule has 0 heterocycles. The van der Waals surface area contributed by atoms with E-state index in [2.05, 4.69) is 19.8 Å². The molecule has 0 aliphatic heterocycles. The molecule has 0 aromatic rings. The Morgan fingerprint density at radius 1 is 0.933 bits per heavy atom.